The quantitative estimate of drug-likeness (QED) is 0.410. The van der Waals surface area contributed by atoms with E-state index in [4.69, 9.17) is 4.98 Å². The Hall–Kier alpha value is -3.09. The van der Waals surface area contributed by atoms with Gasteiger partial charge in [-0.15, -0.1) is 11.3 Å². The number of rotatable bonds is 5. The molecule has 2 aromatic carbocycles. The van der Waals surface area contributed by atoms with Gasteiger partial charge in [0.2, 0.25) is 0 Å². The van der Waals surface area contributed by atoms with E-state index in [1.54, 1.807) is 11.3 Å². The van der Waals surface area contributed by atoms with E-state index in [0.717, 1.165) is 52.3 Å². The number of carbonyl (C=O) groups excluding carboxylic acids is 1. The summed E-state index contributed by atoms with van der Waals surface area (Å²) in [5, 5.41) is 0.678. The van der Waals surface area contributed by atoms with Gasteiger partial charge >= 0.3 is 0 Å². The predicted octanol–water partition coefficient (Wildman–Crippen LogP) is 5.36. The lowest BCUT2D eigenvalue weighted by Crippen LogP contribution is -2.36. The summed E-state index contributed by atoms with van der Waals surface area (Å²) in [5.74, 6) is 0.994. The molecule has 168 valence electrons. The fraction of sp³-hybridized carbons (Fsp3) is 0.296. The fourth-order valence-electron chi connectivity index (χ4n) is 4.71. The molecule has 0 saturated carbocycles. The number of hydrogen-bond donors (Lipinski definition) is 1. The third kappa shape index (κ3) is 4.41. The van der Waals surface area contributed by atoms with Gasteiger partial charge in [-0.05, 0) is 45.3 Å². The van der Waals surface area contributed by atoms with E-state index in [-0.39, 0.29) is 17.3 Å². The number of aryl methyl sites for hydroxylation is 2. The zero-order valence-electron chi connectivity index (χ0n) is 18.9. The molecule has 3 heterocycles. The Labute approximate surface area is 197 Å². The van der Waals surface area contributed by atoms with Crippen LogP contribution in [0.4, 0.5) is 0 Å². The highest BCUT2D eigenvalue weighted by Gasteiger charge is 2.26. The molecule has 0 radical (unpaired) electrons. The first kappa shape index (κ1) is 21.7. The number of thiophene rings is 1. The Kier molecular flexibility index (Phi) is 5.96. The van der Waals surface area contributed by atoms with Crippen LogP contribution in [0.3, 0.4) is 0 Å². The van der Waals surface area contributed by atoms with E-state index in [9.17, 15) is 9.59 Å². The SMILES string of the molecule is Cc1ccc(-c2c(C)sc3nc(CN4CCC(C(=O)c5ccccc5)CC4)[nH]c(=O)c23)cc1. The van der Waals surface area contributed by atoms with Crippen LogP contribution >= 0.6 is 11.3 Å². The van der Waals surface area contributed by atoms with Gasteiger partial charge in [-0.2, -0.15) is 0 Å². The predicted molar refractivity (Wildman–Crippen MR) is 134 cm³/mol. The van der Waals surface area contributed by atoms with E-state index in [1.807, 2.05) is 30.3 Å². The minimum atomic E-state index is -0.0796. The third-order valence-corrected chi connectivity index (χ3v) is 7.52. The van der Waals surface area contributed by atoms with Crippen molar-refractivity contribution in [1.82, 2.24) is 14.9 Å². The van der Waals surface area contributed by atoms with Crippen LogP contribution in [0, 0.1) is 19.8 Å². The minimum Gasteiger partial charge on any atom is -0.309 e. The van der Waals surface area contributed by atoms with Crippen molar-refractivity contribution in [3.63, 3.8) is 0 Å². The van der Waals surface area contributed by atoms with Crippen LogP contribution in [-0.2, 0) is 6.54 Å². The lowest BCUT2D eigenvalue weighted by atomic mass is 9.89. The first-order valence-electron chi connectivity index (χ1n) is 11.4. The van der Waals surface area contributed by atoms with Gasteiger partial charge in [-0.25, -0.2) is 4.98 Å². The van der Waals surface area contributed by atoms with Gasteiger partial charge < -0.3 is 4.98 Å². The number of benzene rings is 2. The van der Waals surface area contributed by atoms with Crippen molar-refractivity contribution >= 4 is 27.3 Å². The maximum absolute atomic E-state index is 13.1. The number of piperidine rings is 1. The molecule has 0 aliphatic carbocycles. The van der Waals surface area contributed by atoms with Crippen LogP contribution in [0.5, 0.6) is 0 Å². The molecule has 2 aromatic heterocycles. The summed E-state index contributed by atoms with van der Waals surface area (Å²) in [6.45, 7) is 6.35. The van der Waals surface area contributed by atoms with Gasteiger partial charge in [0, 0.05) is 21.9 Å². The van der Waals surface area contributed by atoms with Crippen LogP contribution in [0.25, 0.3) is 21.3 Å². The van der Waals surface area contributed by atoms with Crippen molar-refractivity contribution in [2.75, 3.05) is 13.1 Å². The van der Waals surface area contributed by atoms with E-state index < -0.39 is 0 Å². The molecule has 33 heavy (non-hydrogen) atoms. The average Bonchev–Trinajstić information content (AvgIpc) is 3.16. The topological polar surface area (TPSA) is 66.1 Å². The van der Waals surface area contributed by atoms with Crippen molar-refractivity contribution < 1.29 is 4.79 Å². The van der Waals surface area contributed by atoms with Gasteiger partial charge in [0.25, 0.3) is 5.56 Å². The average molecular weight is 458 g/mol. The molecule has 1 aliphatic heterocycles. The number of hydrogen-bond acceptors (Lipinski definition) is 5. The molecule has 5 nitrogen and oxygen atoms in total. The van der Waals surface area contributed by atoms with Gasteiger partial charge in [0.05, 0.1) is 11.9 Å². The molecule has 4 aromatic rings. The van der Waals surface area contributed by atoms with Gasteiger partial charge in [0.1, 0.15) is 10.7 Å². The number of nitrogens with zero attached hydrogens (tertiary/aromatic N) is 2. The highest BCUT2D eigenvalue weighted by molar-refractivity contribution is 7.19. The molecule has 0 amide bonds. The molecule has 1 aliphatic rings. The number of nitrogens with one attached hydrogen (secondary N) is 1. The number of ketones is 1. The van der Waals surface area contributed by atoms with Crippen molar-refractivity contribution in [1.29, 1.82) is 0 Å². The number of likely N-dealkylation sites (tertiary alicyclic amines) is 1. The maximum atomic E-state index is 13.1. The number of aromatic amines is 1. The molecule has 0 bridgehead atoms. The molecule has 0 spiro atoms. The lowest BCUT2D eigenvalue weighted by Gasteiger charge is -2.30. The van der Waals surface area contributed by atoms with Gasteiger partial charge in [-0.1, -0.05) is 60.2 Å². The standard InChI is InChI=1S/C27H27N3O2S/c1-17-8-10-19(11-9-17)23-18(2)33-27-24(23)26(32)28-22(29-27)16-30-14-12-21(13-15-30)25(31)20-6-4-3-5-7-20/h3-11,21H,12-16H2,1-2H3,(H,28,29,32). The number of Topliss-reactive ketones (excluding diaryl/α,β-unsaturated/α-hetero) is 1. The fourth-order valence-corrected chi connectivity index (χ4v) is 5.77. The molecule has 1 saturated heterocycles. The maximum Gasteiger partial charge on any atom is 0.260 e. The Balaban J connectivity index is 1.32. The Morgan fingerprint density at radius 3 is 2.45 bits per heavy atom. The second-order valence-corrected chi connectivity index (χ2v) is 10.1. The Morgan fingerprint density at radius 1 is 1.06 bits per heavy atom. The summed E-state index contributed by atoms with van der Waals surface area (Å²) in [6, 6.07) is 17.8. The molecule has 6 heteroatoms. The highest BCUT2D eigenvalue weighted by atomic mass is 32.1. The third-order valence-electron chi connectivity index (χ3n) is 6.52. The minimum absolute atomic E-state index is 0.0650. The summed E-state index contributed by atoms with van der Waals surface area (Å²) in [5.41, 5.74) is 3.94. The highest BCUT2D eigenvalue weighted by Crippen LogP contribution is 2.35. The van der Waals surface area contributed by atoms with E-state index in [1.165, 1.54) is 5.56 Å². The van der Waals surface area contributed by atoms with E-state index >= 15 is 0 Å². The number of carbonyl (C=O) groups is 1. The van der Waals surface area contributed by atoms with Gasteiger partial charge in [-0.3, -0.25) is 14.5 Å². The van der Waals surface area contributed by atoms with Crippen LogP contribution < -0.4 is 5.56 Å². The second kappa shape index (κ2) is 9.04. The van der Waals surface area contributed by atoms with Gasteiger partial charge in [0.15, 0.2) is 5.78 Å². The van der Waals surface area contributed by atoms with Crippen LogP contribution in [0.15, 0.2) is 59.4 Å². The largest absolute Gasteiger partial charge is 0.309 e. The molecule has 1 N–H and O–H groups in total. The Morgan fingerprint density at radius 2 is 1.76 bits per heavy atom. The second-order valence-electron chi connectivity index (χ2n) is 8.87. The molecule has 0 unspecified atom stereocenters. The first-order valence-corrected chi connectivity index (χ1v) is 12.2. The lowest BCUT2D eigenvalue weighted by molar-refractivity contribution is 0.0833. The number of H-pyrrole nitrogens is 1. The van der Waals surface area contributed by atoms with Crippen molar-refractivity contribution in [2.45, 2.75) is 33.2 Å². The summed E-state index contributed by atoms with van der Waals surface area (Å²) in [7, 11) is 0. The van der Waals surface area contributed by atoms with Crippen molar-refractivity contribution in [3.8, 4) is 11.1 Å². The smallest absolute Gasteiger partial charge is 0.260 e. The first-order chi connectivity index (χ1) is 16.0. The molecule has 1 fully saturated rings. The normalized spacial score (nSPS) is 15.2. The van der Waals surface area contributed by atoms with Crippen LogP contribution in [0.1, 0.15) is 39.5 Å². The Bertz CT molecular complexity index is 1350. The molecular formula is C27H27N3O2S. The molecule has 5 rings (SSSR count). The van der Waals surface area contributed by atoms with Crippen molar-refractivity contribution in [2.24, 2.45) is 5.92 Å². The van der Waals surface area contributed by atoms with Crippen molar-refractivity contribution in [3.05, 3.63) is 86.8 Å². The summed E-state index contributed by atoms with van der Waals surface area (Å²) >= 11 is 1.58. The molecule has 0 atom stereocenters. The zero-order valence-corrected chi connectivity index (χ0v) is 19.7. The monoisotopic (exact) mass is 457 g/mol. The van der Waals surface area contributed by atoms with Crippen LogP contribution in [0.2, 0.25) is 0 Å². The zero-order chi connectivity index (χ0) is 22.9. The number of fused-ring (bicyclic) bond motifs is 1. The summed E-state index contributed by atoms with van der Waals surface area (Å²) in [6.07, 6.45) is 1.66. The summed E-state index contributed by atoms with van der Waals surface area (Å²) in [4.78, 5) is 37.8. The van der Waals surface area contributed by atoms with E-state index in [2.05, 4.69) is 48.0 Å². The summed E-state index contributed by atoms with van der Waals surface area (Å²) < 4.78 is 0. The van der Waals surface area contributed by atoms with E-state index in [0.29, 0.717) is 17.8 Å². The van der Waals surface area contributed by atoms with Crippen LogP contribution in [-0.4, -0.2) is 33.7 Å². The number of aromatic nitrogens is 2. The molecular weight excluding hydrogens is 430 g/mol.